The summed E-state index contributed by atoms with van der Waals surface area (Å²) in [6.45, 7) is 4.77. The Morgan fingerprint density at radius 3 is 2.77 bits per heavy atom. The third-order valence-corrected chi connectivity index (χ3v) is 2.05. The first kappa shape index (κ1) is 8.46. The summed E-state index contributed by atoms with van der Waals surface area (Å²) >= 11 is 0. The second-order valence-electron chi connectivity index (χ2n) is 3.06. The van der Waals surface area contributed by atoms with E-state index < -0.39 is 0 Å². The van der Waals surface area contributed by atoms with Gasteiger partial charge < -0.3 is 15.5 Å². The van der Waals surface area contributed by atoms with Crippen LogP contribution in [0.1, 0.15) is 5.89 Å². The van der Waals surface area contributed by atoms with Crippen molar-refractivity contribution in [2.75, 3.05) is 31.9 Å². The van der Waals surface area contributed by atoms with Gasteiger partial charge in [-0.05, 0) is 0 Å². The van der Waals surface area contributed by atoms with E-state index >= 15 is 0 Å². The summed E-state index contributed by atoms with van der Waals surface area (Å²) in [7, 11) is 0. The van der Waals surface area contributed by atoms with Crippen LogP contribution in [0.25, 0.3) is 0 Å². The number of anilines is 1. The maximum atomic E-state index is 5.31. The van der Waals surface area contributed by atoms with Crippen LogP contribution in [0.5, 0.6) is 0 Å². The van der Waals surface area contributed by atoms with E-state index in [2.05, 4.69) is 20.4 Å². The molecule has 1 aromatic heterocycles. The number of nitrogen functional groups attached to an aromatic ring is 1. The summed E-state index contributed by atoms with van der Waals surface area (Å²) in [4.78, 5) is 2.25. The van der Waals surface area contributed by atoms with E-state index in [4.69, 9.17) is 10.2 Å². The lowest BCUT2D eigenvalue weighted by molar-refractivity contribution is 0.213. The van der Waals surface area contributed by atoms with E-state index in [9.17, 15) is 0 Å². The van der Waals surface area contributed by atoms with Crippen LogP contribution in [-0.4, -0.2) is 41.3 Å². The normalized spacial score (nSPS) is 19.1. The zero-order chi connectivity index (χ0) is 9.10. The van der Waals surface area contributed by atoms with Gasteiger partial charge in [0.15, 0.2) is 0 Å². The average molecular weight is 183 g/mol. The lowest BCUT2D eigenvalue weighted by Gasteiger charge is -2.25. The van der Waals surface area contributed by atoms with Crippen molar-refractivity contribution in [2.24, 2.45) is 0 Å². The molecule has 6 nitrogen and oxygen atoms in total. The quantitative estimate of drug-likeness (QED) is 0.615. The Hall–Kier alpha value is -1.14. The van der Waals surface area contributed by atoms with Crippen LogP contribution < -0.4 is 11.1 Å². The van der Waals surface area contributed by atoms with Gasteiger partial charge in [0.2, 0.25) is 5.89 Å². The number of nitrogens with one attached hydrogen (secondary N) is 1. The first-order valence-corrected chi connectivity index (χ1v) is 4.35. The zero-order valence-corrected chi connectivity index (χ0v) is 7.36. The van der Waals surface area contributed by atoms with E-state index in [1.54, 1.807) is 0 Å². The van der Waals surface area contributed by atoms with Gasteiger partial charge in [-0.25, -0.2) is 0 Å². The summed E-state index contributed by atoms with van der Waals surface area (Å²) in [6, 6.07) is 0.144. The molecule has 0 radical (unpaired) electrons. The fourth-order valence-electron chi connectivity index (χ4n) is 1.39. The molecule has 0 atom stereocenters. The van der Waals surface area contributed by atoms with E-state index in [-0.39, 0.29) is 6.01 Å². The van der Waals surface area contributed by atoms with Crippen LogP contribution in [0, 0.1) is 0 Å². The van der Waals surface area contributed by atoms with Gasteiger partial charge in [0.05, 0.1) is 6.54 Å². The van der Waals surface area contributed by atoms with Crippen molar-refractivity contribution in [3.8, 4) is 0 Å². The monoisotopic (exact) mass is 183 g/mol. The van der Waals surface area contributed by atoms with Gasteiger partial charge in [-0.2, -0.15) is 0 Å². The maximum absolute atomic E-state index is 5.31. The minimum absolute atomic E-state index is 0.144. The van der Waals surface area contributed by atoms with Crippen LogP contribution in [0.15, 0.2) is 4.42 Å². The molecule has 1 fully saturated rings. The van der Waals surface area contributed by atoms with Crippen molar-refractivity contribution in [2.45, 2.75) is 6.54 Å². The molecule has 0 bridgehead atoms. The van der Waals surface area contributed by atoms with Gasteiger partial charge in [0.1, 0.15) is 0 Å². The van der Waals surface area contributed by atoms with Crippen molar-refractivity contribution < 1.29 is 4.42 Å². The van der Waals surface area contributed by atoms with Crippen LogP contribution >= 0.6 is 0 Å². The highest BCUT2D eigenvalue weighted by Crippen LogP contribution is 2.05. The molecule has 1 saturated heterocycles. The van der Waals surface area contributed by atoms with Gasteiger partial charge in [-0.15, -0.1) is 5.10 Å². The Labute approximate surface area is 76.1 Å². The van der Waals surface area contributed by atoms with Crippen molar-refractivity contribution in [1.29, 1.82) is 0 Å². The Balaban J connectivity index is 1.89. The second-order valence-corrected chi connectivity index (χ2v) is 3.06. The lowest BCUT2D eigenvalue weighted by atomic mass is 10.3. The van der Waals surface area contributed by atoms with E-state index in [0.717, 1.165) is 26.2 Å². The predicted molar refractivity (Wildman–Crippen MR) is 46.9 cm³/mol. The second kappa shape index (κ2) is 3.71. The van der Waals surface area contributed by atoms with Gasteiger partial charge in [-0.1, -0.05) is 5.10 Å². The number of piperazine rings is 1. The summed E-state index contributed by atoms with van der Waals surface area (Å²) < 4.78 is 5.08. The van der Waals surface area contributed by atoms with Gasteiger partial charge in [0, 0.05) is 26.2 Å². The third kappa shape index (κ3) is 2.16. The molecule has 2 rings (SSSR count). The summed E-state index contributed by atoms with van der Waals surface area (Å²) in [5.74, 6) is 0.597. The molecule has 1 aliphatic heterocycles. The molecule has 0 unspecified atom stereocenters. The van der Waals surface area contributed by atoms with Crippen molar-refractivity contribution >= 4 is 6.01 Å². The van der Waals surface area contributed by atoms with Crippen LogP contribution in [0.4, 0.5) is 6.01 Å². The highest BCUT2D eigenvalue weighted by Gasteiger charge is 2.12. The first-order valence-electron chi connectivity index (χ1n) is 4.35. The molecule has 6 heteroatoms. The summed E-state index contributed by atoms with van der Waals surface area (Å²) in [5, 5.41) is 10.7. The fraction of sp³-hybridized carbons (Fsp3) is 0.714. The highest BCUT2D eigenvalue weighted by atomic mass is 16.4. The molecule has 3 N–H and O–H groups in total. The van der Waals surface area contributed by atoms with Crippen LogP contribution in [-0.2, 0) is 6.54 Å². The molecular weight excluding hydrogens is 170 g/mol. The van der Waals surface area contributed by atoms with Crippen molar-refractivity contribution in [3.05, 3.63) is 5.89 Å². The van der Waals surface area contributed by atoms with E-state index in [1.807, 2.05) is 0 Å². The van der Waals surface area contributed by atoms with Crippen molar-refractivity contribution in [1.82, 2.24) is 20.4 Å². The molecule has 0 aromatic carbocycles. The largest absolute Gasteiger partial charge is 0.407 e. The predicted octanol–water partition coefficient (Wildman–Crippen LogP) is -0.943. The first-order chi connectivity index (χ1) is 6.34. The minimum Gasteiger partial charge on any atom is -0.407 e. The summed E-state index contributed by atoms with van der Waals surface area (Å²) in [6.07, 6.45) is 0. The van der Waals surface area contributed by atoms with Crippen LogP contribution in [0.2, 0.25) is 0 Å². The van der Waals surface area contributed by atoms with Gasteiger partial charge >= 0.3 is 6.01 Å². The number of hydrogen-bond donors (Lipinski definition) is 2. The Kier molecular flexibility index (Phi) is 2.42. The smallest absolute Gasteiger partial charge is 0.312 e. The molecule has 2 heterocycles. The lowest BCUT2D eigenvalue weighted by Crippen LogP contribution is -2.42. The number of rotatable bonds is 2. The number of hydrogen-bond acceptors (Lipinski definition) is 6. The Morgan fingerprint density at radius 2 is 2.15 bits per heavy atom. The molecule has 13 heavy (non-hydrogen) atoms. The van der Waals surface area contributed by atoms with Crippen molar-refractivity contribution in [3.63, 3.8) is 0 Å². The zero-order valence-electron chi connectivity index (χ0n) is 7.36. The maximum Gasteiger partial charge on any atom is 0.312 e. The topological polar surface area (TPSA) is 80.2 Å². The standard InChI is InChI=1S/C7H13N5O/c8-7-11-10-6(13-7)5-12-3-1-9-2-4-12/h9H,1-5H2,(H2,8,11). The third-order valence-electron chi connectivity index (χ3n) is 2.05. The summed E-state index contributed by atoms with van der Waals surface area (Å²) in [5.41, 5.74) is 5.31. The number of aromatic nitrogens is 2. The molecule has 0 amide bonds. The van der Waals surface area contributed by atoms with Gasteiger partial charge in [-0.3, -0.25) is 4.90 Å². The molecule has 1 aliphatic rings. The average Bonchev–Trinajstić information content (AvgIpc) is 2.53. The molecule has 1 aromatic rings. The Morgan fingerprint density at radius 1 is 1.38 bits per heavy atom. The minimum atomic E-state index is 0.144. The van der Waals surface area contributed by atoms with E-state index in [1.165, 1.54) is 0 Å². The van der Waals surface area contributed by atoms with E-state index in [0.29, 0.717) is 12.4 Å². The molecule has 0 saturated carbocycles. The highest BCUT2D eigenvalue weighted by molar-refractivity contribution is 5.04. The SMILES string of the molecule is Nc1nnc(CN2CCNCC2)o1. The number of nitrogens with zero attached hydrogens (tertiary/aromatic N) is 3. The van der Waals surface area contributed by atoms with Crippen LogP contribution in [0.3, 0.4) is 0 Å². The Bertz CT molecular complexity index is 268. The molecular formula is C7H13N5O. The fourth-order valence-corrected chi connectivity index (χ4v) is 1.39. The molecule has 0 spiro atoms. The molecule has 0 aliphatic carbocycles. The van der Waals surface area contributed by atoms with Gasteiger partial charge in [0.25, 0.3) is 0 Å². The molecule has 72 valence electrons. The number of nitrogens with two attached hydrogens (primary N) is 1.